The molecule has 0 spiro atoms. The third-order valence-corrected chi connectivity index (χ3v) is 4.19. The summed E-state index contributed by atoms with van der Waals surface area (Å²) in [6.45, 7) is 0.843. The summed E-state index contributed by atoms with van der Waals surface area (Å²) in [5.41, 5.74) is 2.06. The summed E-state index contributed by atoms with van der Waals surface area (Å²) in [6, 6.07) is 6.22. The molecule has 1 N–H and O–H groups in total. The topological polar surface area (TPSA) is 24.9 Å². The number of hydrogen-bond donors (Lipinski definition) is 1. The Morgan fingerprint density at radius 2 is 1.94 bits per heavy atom. The fourth-order valence-electron chi connectivity index (χ4n) is 1.73. The number of benzene rings is 1. The molecule has 3 rings (SSSR count). The van der Waals surface area contributed by atoms with E-state index in [-0.39, 0.29) is 0 Å². The van der Waals surface area contributed by atoms with Crippen molar-refractivity contribution in [3.63, 3.8) is 0 Å². The zero-order chi connectivity index (χ0) is 12.5. The predicted octanol–water partition coefficient (Wildman–Crippen LogP) is 4.37. The van der Waals surface area contributed by atoms with E-state index in [1.165, 1.54) is 12.8 Å². The maximum atomic E-state index is 6.00. The molecule has 18 heavy (non-hydrogen) atoms. The van der Waals surface area contributed by atoms with Crippen LogP contribution in [0.5, 0.6) is 0 Å². The highest BCUT2D eigenvalue weighted by atomic mass is 35.5. The average Bonchev–Trinajstić information content (AvgIpc) is 3.02. The van der Waals surface area contributed by atoms with Gasteiger partial charge in [-0.25, -0.2) is 4.98 Å². The van der Waals surface area contributed by atoms with Gasteiger partial charge in [0.15, 0.2) is 0 Å². The van der Waals surface area contributed by atoms with Gasteiger partial charge in [0.1, 0.15) is 5.01 Å². The van der Waals surface area contributed by atoms with E-state index in [1.807, 2.05) is 12.1 Å². The van der Waals surface area contributed by atoms with E-state index in [2.05, 4.69) is 15.7 Å². The van der Waals surface area contributed by atoms with Gasteiger partial charge in [0.2, 0.25) is 0 Å². The maximum absolute atomic E-state index is 6.00. The molecule has 1 aliphatic rings. The Bertz CT molecular complexity index is 544. The van der Waals surface area contributed by atoms with Crippen LogP contribution in [0.2, 0.25) is 10.0 Å². The van der Waals surface area contributed by atoms with Crippen molar-refractivity contribution in [3.8, 4) is 10.6 Å². The molecule has 94 valence electrons. The summed E-state index contributed by atoms with van der Waals surface area (Å²) in [7, 11) is 0. The second-order valence-electron chi connectivity index (χ2n) is 4.46. The van der Waals surface area contributed by atoms with Gasteiger partial charge >= 0.3 is 0 Å². The van der Waals surface area contributed by atoms with Gasteiger partial charge in [-0.05, 0) is 31.0 Å². The number of thiazole rings is 1. The van der Waals surface area contributed by atoms with Gasteiger partial charge < -0.3 is 5.32 Å². The van der Waals surface area contributed by atoms with Gasteiger partial charge in [0.25, 0.3) is 0 Å². The fourth-order valence-corrected chi connectivity index (χ4v) is 3.07. The molecule has 2 nitrogen and oxygen atoms in total. The van der Waals surface area contributed by atoms with Crippen LogP contribution in [0.1, 0.15) is 18.5 Å². The molecular formula is C13H12Cl2N2S. The number of nitrogens with zero attached hydrogens (tertiary/aromatic N) is 1. The Labute approximate surface area is 120 Å². The molecule has 0 saturated heterocycles. The normalized spacial score (nSPS) is 15.0. The molecule has 1 fully saturated rings. The van der Waals surface area contributed by atoms with Gasteiger partial charge in [-0.2, -0.15) is 0 Å². The van der Waals surface area contributed by atoms with E-state index in [9.17, 15) is 0 Å². The first-order chi connectivity index (χ1) is 8.70. The average molecular weight is 299 g/mol. The zero-order valence-electron chi connectivity index (χ0n) is 9.62. The monoisotopic (exact) mass is 298 g/mol. The molecule has 1 aromatic carbocycles. The molecule has 0 amide bonds. The molecule has 1 heterocycles. The second kappa shape index (κ2) is 5.17. The minimum absolute atomic E-state index is 0.644. The number of rotatable bonds is 4. The molecule has 0 aliphatic heterocycles. The summed E-state index contributed by atoms with van der Waals surface area (Å²) in [6.07, 6.45) is 2.59. The van der Waals surface area contributed by atoms with Gasteiger partial charge in [-0.3, -0.25) is 0 Å². The number of aromatic nitrogens is 1. The van der Waals surface area contributed by atoms with Crippen molar-refractivity contribution in [1.29, 1.82) is 0 Å². The van der Waals surface area contributed by atoms with Crippen LogP contribution in [-0.4, -0.2) is 11.0 Å². The van der Waals surface area contributed by atoms with E-state index >= 15 is 0 Å². The number of halogens is 2. The van der Waals surface area contributed by atoms with Gasteiger partial charge in [-0.15, -0.1) is 11.3 Å². The van der Waals surface area contributed by atoms with Crippen molar-refractivity contribution in [2.45, 2.75) is 25.4 Å². The summed E-state index contributed by atoms with van der Waals surface area (Å²) in [5, 5.41) is 7.79. The lowest BCUT2D eigenvalue weighted by Gasteiger charge is -2.00. The van der Waals surface area contributed by atoms with Crippen LogP contribution in [0.25, 0.3) is 10.6 Å². The van der Waals surface area contributed by atoms with Crippen LogP contribution in [0, 0.1) is 0 Å². The molecule has 1 aliphatic carbocycles. The summed E-state index contributed by atoms with van der Waals surface area (Å²) in [4.78, 5) is 4.60. The Balaban J connectivity index is 1.78. The van der Waals surface area contributed by atoms with Crippen LogP contribution in [0.15, 0.2) is 23.6 Å². The van der Waals surface area contributed by atoms with E-state index in [0.29, 0.717) is 16.1 Å². The second-order valence-corrected chi connectivity index (χ2v) is 6.19. The zero-order valence-corrected chi connectivity index (χ0v) is 11.9. The van der Waals surface area contributed by atoms with Crippen LogP contribution in [-0.2, 0) is 6.54 Å². The van der Waals surface area contributed by atoms with E-state index in [1.54, 1.807) is 17.4 Å². The molecule has 1 saturated carbocycles. The highest BCUT2D eigenvalue weighted by Gasteiger charge is 2.20. The molecule has 5 heteroatoms. The van der Waals surface area contributed by atoms with Crippen LogP contribution < -0.4 is 5.32 Å². The van der Waals surface area contributed by atoms with Crippen LogP contribution in [0.3, 0.4) is 0 Å². The quantitative estimate of drug-likeness (QED) is 0.907. The standard InChI is InChI=1S/C13H12Cl2N2S/c14-9-3-8(4-10(15)5-9)13-17-12(7-18-13)6-16-11-1-2-11/h3-5,7,11,16H,1-2,6H2. The SMILES string of the molecule is Clc1cc(Cl)cc(-c2nc(CNC3CC3)cs2)c1. The first-order valence-corrected chi connectivity index (χ1v) is 7.48. The van der Waals surface area contributed by atoms with Gasteiger partial charge in [0.05, 0.1) is 5.69 Å². The molecule has 2 aromatic rings. The van der Waals surface area contributed by atoms with Crippen molar-refractivity contribution in [3.05, 3.63) is 39.3 Å². The maximum Gasteiger partial charge on any atom is 0.123 e. The lowest BCUT2D eigenvalue weighted by atomic mass is 10.2. The minimum Gasteiger partial charge on any atom is -0.308 e. The predicted molar refractivity (Wildman–Crippen MR) is 77.4 cm³/mol. The lowest BCUT2D eigenvalue weighted by Crippen LogP contribution is -2.15. The van der Waals surface area contributed by atoms with Crippen molar-refractivity contribution < 1.29 is 0 Å². The third-order valence-electron chi connectivity index (χ3n) is 2.81. The molecule has 1 aromatic heterocycles. The lowest BCUT2D eigenvalue weighted by molar-refractivity contribution is 0.678. The molecular weight excluding hydrogens is 287 g/mol. The van der Waals surface area contributed by atoms with Crippen molar-refractivity contribution in [2.75, 3.05) is 0 Å². The summed E-state index contributed by atoms with van der Waals surface area (Å²) in [5.74, 6) is 0. The van der Waals surface area contributed by atoms with E-state index in [0.717, 1.165) is 22.8 Å². The largest absolute Gasteiger partial charge is 0.308 e. The van der Waals surface area contributed by atoms with Crippen molar-refractivity contribution in [1.82, 2.24) is 10.3 Å². The fraction of sp³-hybridized carbons (Fsp3) is 0.308. The highest BCUT2D eigenvalue weighted by molar-refractivity contribution is 7.13. The molecule has 0 radical (unpaired) electrons. The van der Waals surface area contributed by atoms with Crippen molar-refractivity contribution >= 4 is 34.5 Å². The Hall–Kier alpha value is -0.610. The third kappa shape index (κ3) is 3.04. The van der Waals surface area contributed by atoms with Crippen LogP contribution >= 0.6 is 34.5 Å². The Kier molecular flexibility index (Phi) is 3.57. The summed E-state index contributed by atoms with van der Waals surface area (Å²) >= 11 is 13.6. The van der Waals surface area contributed by atoms with E-state index in [4.69, 9.17) is 23.2 Å². The molecule has 0 unspecified atom stereocenters. The van der Waals surface area contributed by atoms with Gasteiger partial charge in [0, 0.05) is 33.6 Å². The minimum atomic E-state index is 0.644. The first-order valence-electron chi connectivity index (χ1n) is 5.85. The van der Waals surface area contributed by atoms with Crippen LogP contribution in [0.4, 0.5) is 0 Å². The van der Waals surface area contributed by atoms with Crippen molar-refractivity contribution in [2.24, 2.45) is 0 Å². The Morgan fingerprint density at radius 1 is 1.22 bits per heavy atom. The summed E-state index contributed by atoms with van der Waals surface area (Å²) < 4.78 is 0. The molecule has 0 bridgehead atoms. The smallest absolute Gasteiger partial charge is 0.123 e. The first kappa shape index (κ1) is 12.4. The van der Waals surface area contributed by atoms with E-state index < -0.39 is 0 Å². The van der Waals surface area contributed by atoms with Gasteiger partial charge in [-0.1, -0.05) is 23.2 Å². The number of nitrogens with one attached hydrogen (secondary N) is 1. The highest BCUT2D eigenvalue weighted by Crippen LogP contribution is 2.29. The number of hydrogen-bond acceptors (Lipinski definition) is 3. The molecule has 0 atom stereocenters. The Morgan fingerprint density at radius 3 is 2.61 bits per heavy atom.